The fourth-order valence-electron chi connectivity index (χ4n) is 0.669. The number of rotatable bonds is 6. The fourth-order valence-corrected chi connectivity index (χ4v) is 1.80. The van der Waals surface area contributed by atoms with Crippen molar-refractivity contribution in [3.63, 3.8) is 0 Å². The van der Waals surface area contributed by atoms with Crippen LogP contribution >= 0.6 is 11.8 Å². The van der Waals surface area contributed by atoms with Crippen molar-refractivity contribution in [2.75, 3.05) is 18.6 Å². The molecular formula is C9H19NO2S. The van der Waals surface area contributed by atoms with Gasteiger partial charge in [0, 0.05) is 17.5 Å². The van der Waals surface area contributed by atoms with Crippen molar-refractivity contribution in [1.29, 1.82) is 0 Å². The van der Waals surface area contributed by atoms with Crippen LogP contribution in [0.5, 0.6) is 0 Å². The largest absolute Gasteiger partial charge is 0.469 e. The monoisotopic (exact) mass is 205 g/mol. The predicted octanol–water partition coefficient (Wildman–Crippen LogP) is 1.27. The summed E-state index contributed by atoms with van der Waals surface area (Å²) in [5, 5.41) is 0. The molecule has 0 aliphatic carbocycles. The van der Waals surface area contributed by atoms with Gasteiger partial charge in [-0.1, -0.05) is 13.8 Å². The summed E-state index contributed by atoms with van der Waals surface area (Å²) in [6, 6.07) is 0.225. The lowest BCUT2D eigenvalue weighted by atomic mass is 10.1. The van der Waals surface area contributed by atoms with Gasteiger partial charge in [-0.15, -0.1) is 0 Å². The van der Waals surface area contributed by atoms with Crippen molar-refractivity contribution in [3.8, 4) is 0 Å². The maximum atomic E-state index is 10.7. The lowest BCUT2D eigenvalue weighted by Gasteiger charge is -2.14. The van der Waals surface area contributed by atoms with Crippen LogP contribution in [0, 0.1) is 5.92 Å². The minimum absolute atomic E-state index is 0.148. The predicted molar refractivity (Wildman–Crippen MR) is 56.8 cm³/mol. The van der Waals surface area contributed by atoms with Crippen LogP contribution in [0.1, 0.15) is 20.3 Å². The van der Waals surface area contributed by atoms with Gasteiger partial charge in [-0.05, 0) is 5.92 Å². The zero-order valence-electron chi connectivity index (χ0n) is 8.58. The molecule has 0 aromatic rings. The highest BCUT2D eigenvalue weighted by molar-refractivity contribution is 7.99. The summed E-state index contributed by atoms with van der Waals surface area (Å²) < 4.78 is 4.52. The van der Waals surface area contributed by atoms with Gasteiger partial charge in [-0.3, -0.25) is 4.79 Å². The zero-order valence-corrected chi connectivity index (χ0v) is 9.39. The molecule has 0 saturated carbocycles. The number of carbonyl (C=O) groups excluding carboxylic acids is 1. The summed E-state index contributed by atoms with van der Waals surface area (Å²) >= 11 is 1.71. The van der Waals surface area contributed by atoms with E-state index in [1.165, 1.54) is 7.11 Å². The number of hydrogen-bond acceptors (Lipinski definition) is 4. The average molecular weight is 205 g/mol. The van der Waals surface area contributed by atoms with E-state index in [9.17, 15) is 4.79 Å². The Morgan fingerprint density at radius 2 is 2.15 bits per heavy atom. The van der Waals surface area contributed by atoms with Crippen LogP contribution in [0.25, 0.3) is 0 Å². The lowest BCUT2D eigenvalue weighted by Crippen LogP contribution is -2.29. The van der Waals surface area contributed by atoms with Crippen LogP contribution < -0.4 is 5.73 Å². The van der Waals surface area contributed by atoms with E-state index in [1.54, 1.807) is 11.8 Å². The Morgan fingerprint density at radius 1 is 1.54 bits per heavy atom. The molecule has 0 aliphatic rings. The number of methoxy groups -OCH3 is 1. The highest BCUT2D eigenvalue weighted by atomic mass is 32.2. The molecule has 1 atom stereocenters. The van der Waals surface area contributed by atoms with Gasteiger partial charge >= 0.3 is 5.97 Å². The highest BCUT2D eigenvalue weighted by Gasteiger charge is 2.07. The summed E-state index contributed by atoms with van der Waals surface area (Å²) in [6.07, 6.45) is 0.478. The number of hydrogen-bond donors (Lipinski definition) is 1. The van der Waals surface area contributed by atoms with E-state index in [4.69, 9.17) is 5.73 Å². The van der Waals surface area contributed by atoms with Crippen LogP contribution in [0.2, 0.25) is 0 Å². The summed E-state index contributed by atoms with van der Waals surface area (Å²) in [5.41, 5.74) is 5.83. The molecule has 0 radical (unpaired) electrons. The molecule has 3 nitrogen and oxygen atoms in total. The van der Waals surface area contributed by atoms with Crippen molar-refractivity contribution < 1.29 is 9.53 Å². The quantitative estimate of drug-likeness (QED) is 0.524. The molecular weight excluding hydrogens is 186 g/mol. The van der Waals surface area contributed by atoms with Crippen molar-refractivity contribution in [3.05, 3.63) is 0 Å². The maximum absolute atomic E-state index is 10.7. The summed E-state index contributed by atoms with van der Waals surface area (Å²) in [4.78, 5) is 10.7. The Kier molecular flexibility index (Phi) is 7.09. The van der Waals surface area contributed by atoms with Crippen LogP contribution in [0.3, 0.4) is 0 Å². The van der Waals surface area contributed by atoms with E-state index < -0.39 is 0 Å². The topological polar surface area (TPSA) is 52.3 Å². The standard InChI is InChI=1S/C9H19NO2S/c1-7(2)8(10)6-13-5-4-9(11)12-3/h7-8H,4-6,10H2,1-3H3. The van der Waals surface area contributed by atoms with E-state index in [0.29, 0.717) is 12.3 Å². The van der Waals surface area contributed by atoms with Gasteiger partial charge in [-0.2, -0.15) is 11.8 Å². The van der Waals surface area contributed by atoms with E-state index >= 15 is 0 Å². The second kappa shape index (κ2) is 7.21. The molecule has 0 amide bonds. The second-order valence-corrected chi connectivity index (χ2v) is 4.46. The van der Waals surface area contributed by atoms with Crippen molar-refractivity contribution in [2.24, 2.45) is 11.7 Å². The first-order chi connectivity index (χ1) is 6.07. The van der Waals surface area contributed by atoms with E-state index in [0.717, 1.165) is 11.5 Å². The average Bonchev–Trinajstić information content (AvgIpc) is 2.11. The van der Waals surface area contributed by atoms with Crippen LogP contribution in [-0.2, 0) is 9.53 Å². The molecule has 0 heterocycles. The smallest absolute Gasteiger partial charge is 0.306 e. The molecule has 78 valence electrons. The van der Waals surface area contributed by atoms with Gasteiger partial charge in [0.15, 0.2) is 0 Å². The molecule has 0 spiro atoms. The first kappa shape index (κ1) is 12.8. The normalized spacial score (nSPS) is 13.0. The van der Waals surface area contributed by atoms with Crippen molar-refractivity contribution >= 4 is 17.7 Å². The van der Waals surface area contributed by atoms with E-state index in [-0.39, 0.29) is 12.0 Å². The molecule has 0 aliphatic heterocycles. The molecule has 0 bridgehead atoms. The number of esters is 1. The number of nitrogens with two attached hydrogens (primary N) is 1. The maximum Gasteiger partial charge on any atom is 0.306 e. The Labute approximate surface area is 84.4 Å². The van der Waals surface area contributed by atoms with E-state index in [1.807, 2.05) is 0 Å². The third kappa shape index (κ3) is 6.90. The molecule has 2 N–H and O–H groups in total. The Hall–Kier alpha value is -0.220. The third-order valence-electron chi connectivity index (χ3n) is 1.84. The molecule has 0 fully saturated rings. The van der Waals surface area contributed by atoms with Gasteiger partial charge in [0.2, 0.25) is 0 Å². The summed E-state index contributed by atoms with van der Waals surface area (Å²) in [7, 11) is 1.41. The van der Waals surface area contributed by atoms with Crippen LogP contribution in [-0.4, -0.2) is 30.6 Å². The van der Waals surface area contributed by atoms with Gasteiger partial charge in [0.25, 0.3) is 0 Å². The van der Waals surface area contributed by atoms with Gasteiger partial charge in [0.05, 0.1) is 13.5 Å². The summed E-state index contributed by atoms with van der Waals surface area (Å²) in [6.45, 7) is 4.21. The van der Waals surface area contributed by atoms with Crippen molar-refractivity contribution in [2.45, 2.75) is 26.3 Å². The zero-order chi connectivity index (χ0) is 10.3. The number of carbonyl (C=O) groups is 1. The van der Waals surface area contributed by atoms with Gasteiger partial charge in [0.1, 0.15) is 0 Å². The summed E-state index contributed by atoms with van der Waals surface area (Å²) in [5.74, 6) is 2.07. The fraction of sp³-hybridized carbons (Fsp3) is 0.889. The third-order valence-corrected chi connectivity index (χ3v) is 2.96. The van der Waals surface area contributed by atoms with Crippen LogP contribution in [0.4, 0.5) is 0 Å². The van der Waals surface area contributed by atoms with Gasteiger partial charge < -0.3 is 10.5 Å². The molecule has 0 rings (SSSR count). The first-order valence-electron chi connectivity index (χ1n) is 4.48. The highest BCUT2D eigenvalue weighted by Crippen LogP contribution is 2.09. The molecule has 1 unspecified atom stereocenters. The van der Waals surface area contributed by atoms with Crippen LogP contribution in [0.15, 0.2) is 0 Å². The Bertz CT molecular complexity index is 151. The molecule has 4 heteroatoms. The Balaban J connectivity index is 3.30. The number of thioether (sulfide) groups is 1. The van der Waals surface area contributed by atoms with Gasteiger partial charge in [-0.25, -0.2) is 0 Å². The molecule has 0 saturated heterocycles. The second-order valence-electron chi connectivity index (χ2n) is 3.31. The van der Waals surface area contributed by atoms with E-state index in [2.05, 4.69) is 18.6 Å². The van der Waals surface area contributed by atoms with Crippen molar-refractivity contribution in [1.82, 2.24) is 0 Å². The number of ether oxygens (including phenoxy) is 1. The lowest BCUT2D eigenvalue weighted by molar-refractivity contribution is -0.140. The minimum Gasteiger partial charge on any atom is -0.469 e. The Morgan fingerprint density at radius 3 is 2.62 bits per heavy atom. The first-order valence-corrected chi connectivity index (χ1v) is 5.63. The molecule has 0 aromatic heterocycles. The SMILES string of the molecule is COC(=O)CCSCC(N)C(C)C. The minimum atomic E-state index is -0.148. The molecule has 13 heavy (non-hydrogen) atoms. The molecule has 0 aromatic carbocycles.